The minimum atomic E-state index is -1.88. The number of hydrogen-bond acceptors (Lipinski definition) is 5. The van der Waals surface area contributed by atoms with Crippen LogP contribution in [0.4, 0.5) is 4.39 Å². The smallest absolute Gasteiger partial charge is 0.338 e. The Morgan fingerprint density at radius 2 is 1.43 bits per heavy atom. The number of carbonyl (C=O) groups excluding carboxylic acids is 2. The molecule has 150 valence electrons. The molecule has 0 aliphatic carbocycles. The van der Waals surface area contributed by atoms with E-state index in [-0.39, 0.29) is 17.7 Å². The zero-order chi connectivity index (χ0) is 20.7. The fourth-order valence-electron chi connectivity index (χ4n) is 2.18. The number of esters is 2. The Labute approximate surface area is 179 Å². The van der Waals surface area contributed by atoms with Crippen LogP contribution in [0.5, 0.6) is 0 Å². The molecule has 28 heavy (non-hydrogen) atoms. The number of ether oxygens (including phenoxy) is 2. The summed E-state index contributed by atoms with van der Waals surface area (Å²) in [4.78, 5) is 23.4. The van der Waals surface area contributed by atoms with Crippen molar-refractivity contribution in [2.45, 2.75) is 17.1 Å². The lowest BCUT2D eigenvalue weighted by atomic mass is 10.1. The van der Waals surface area contributed by atoms with Gasteiger partial charge in [0.15, 0.2) is 12.3 Å². The van der Waals surface area contributed by atoms with Crippen LogP contribution in [0.25, 0.3) is 0 Å². The molecule has 0 bridgehead atoms. The Balaban J connectivity index is 2.01. The molecule has 5 nitrogen and oxygen atoms in total. The Kier molecular flexibility index (Phi) is 8.69. The molecule has 0 saturated heterocycles. The van der Waals surface area contributed by atoms with Crippen LogP contribution in [0.3, 0.4) is 0 Å². The molecule has 0 aliphatic rings. The molecule has 0 aromatic heterocycles. The van der Waals surface area contributed by atoms with Gasteiger partial charge in [0, 0.05) is 10.0 Å². The fourth-order valence-corrected chi connectivity index (χ4v) is 3.00. The van der Waals surface area contributed by atoms with Gasteiger partial charge < -0.3 is 14.6 Å². The van der Waals surface area contributed by atoms with E-state index < -0.39 is 35.6 Å². The first-order valence-electron chi connectivity index (χ1n) is 8.10. The lowest BCUT2D eigenvalue weighted by molar-refractivity contribution is -0.0137. The Morgan fingerprint density at radius 1 is 0.964 bits per heavy atom. The third-order valence-corrected chi connectivity index (χ3v) is 4.95. The summed E-state index contributed by atoms with van der Waals surface area (Å²) in [6.45, 7) is -1.16. The van der Waals surface area contributed by atoms with Crippen molar-refractivity contribution < 1.29 is 28.6 Å². The first kappa shape index (κ1) is 22.6. The van der Waals surface area contributed by atoms with E-state index in [0.29, 0.717) is 10.0 Å². The van der Waals surface area contributed by atoms with Crippen LogP contribution in [0.1, 0.15) is 20.7 Å². The average molecular weight is 494 g/mol. The maximum absolute atomic E-state index is 14.1. The molecule has 0 fully saturated rings. The minimum absolute atomic E-state index is 0.164. The summed E-state index contributed by atoms with van der Waals surface area (Å²) in [6.07, 6.45) is -3.26. The molecule has 1 N–H and O–H groups in total. The van der Waals surface area contributed by atoms with Crippen molar-refractivity contribution in [2.24, 2.45) is 0 Å². The Hall–Kier alpha value is -1.67. The van der Waals surface area contributed by atoms with E-state index in [4.69, 9.17) is 37.8 Å². The fraction of sp³-hybridized carbons (Fsp3) is 0.263. The van der Waals surface area contributed by atoms with Gasteiger partial charge in [0.1, 0.15) is 6.61 Å². The average Bonchev–Trinajstić information content (AvgIpc) is 2.70. The number of benzene rings is 2. The highest BCUT2D eigenvalue weighted by molar-refractivity contribution is 9.09. The van der Waals surface area contributed by atoms with Gasteiger partial charge in [-0.05, 0) is 48.5 Å². The number of rotatable bonds is 8. The topological polar surface area (TPSA) is 72.8 Å². The minimum Gasteiger partial charge on any atom is -0.461 e. The van der Waals surface area contributed by atoms with E-state index in [0.717, 1.165) is 0 Å². The second-order valence-electron chi connectivity index (χ2n) is 5.70. The molecule has 0 spiro atoms. The third kappa shape index (κ3) is 6.44. The quantitative estimate of drug-likeness (QED) is 0.434. The highest BCUT2D eigenvalue weighted by atomic mass is 79.9. The van der Waals surface area contributed by atoms with Crippen molar-refractivity contribution in [3.05, 3.63) is 69.7 Å². The number of aliphatic hydroxyl groups is 1. The predicted octanol–water partition coefficient (Wildman–Crippen LogP) is 4.47. The zero-order valence-electron chi connectivity index (χ0n) is 14.4. The van der Waals surface area contributed by atoms with Gasteiger partial charge in [-0.2, -0.15) is 0 Å². The summed E-state index contributed by atoms with van der Waals surface area (Å²) in [6, 6.07) is 11.9. The molecular formula is C19H16BrCl2FO5. The van der Waals surface area contributed by atoms with Gasteiger partial charge in [-0.3, -0.25) is 0 Å². The summed E-state index contributed by atoms with van der Waals surface area (Å²) in [5.74, 6) is -1.45. The maximum atomic E-state index is 14.1. The van der Waals surface area contributed by atoms with E-state index in [1.165, 1.54) is 48.5 Å². The molecule has 0 aliphatic heterocycles. The normalized spacial score (nSPS) is 14.0. The molecule has 0 heterocycles. The van der Waals surface area contributed by atoms with Crippen LogP contribution in [0, 0.1) is 0 Å². The Bertz CT molecular complexity index is 801. The van der Waals surface area contributed by atoms with Crippen LogP contribution >= 0.6 is 39.1 Å². The number of hydrogen-bond donors (Lipinski definition) is 1. The second kappa shape index (κ2) is 10.8. The molecule has 0 saturated carbocycles. The molecule has 2 aromatic carbocycles. The maximum Gasteiger partial charge on any atom is 0.338 e. The van der Waals surface area contributed by atoms with Crippen molar-refractivity contribution in [3.8, 4) is 0 Å². The molecule has 3 atom stereocenters. The van der Waals surface area contributed by atoms with Gasteiger partial charge in [-0.1, -0.05) is 39.1 Å². The summed E-state index contributed by atoms with van der Waals surface area (Å²) >= 11 is 14.7. The van der Waals surface area contributed by atoms with Gasteiger partial charge in [0.05, 0.1) is 22.6 Å². The Morgan fingerprint density at radius 3 is 1.89 bits per heavy atom. The molecule has 2 rings (SSSR count). The zero-order valence-corrected chi connectivity index (χ0v) is 17.5. The van der Waals surface area contributed by atoms with Crippen LogP contribution in [0.2, 0.25) is 10.0 Å². The highest BCUT2D eigenvalue weighted by Crippen LogP contribution is 2.20. The summed E-state index contributed by atoms with van der Waals surface area (Å²) in [5, 5.41) is 10.0. The van der Waals surface area contributed by atoms with E-state index in [2.05, 4.69) is 15.9 Å². The second-order valence-corrected chi connectivity index (χ2v) is 7.75. The van der Waals surface area contributed by atoms with E-state index in [9.17, 15) is 14.0 Å². The molecular weight excluding hydrogens is 478 g/mol. The van der Waals surface area contributed by atoms with Gasteiger partial charge in [0.2, 0.25) is 0 Å². The highest BCUT2D eigenvalue weighted by Gasteiger charge is 2.33. The van der Waals surface area contributed by atoms with E-state index in [1.807, 2.05) is 0 Å². The van der Waals surface area contributed by atoms with Crippen molar-refractivity contribution >= 4 is 51.1 Å². The first-order valence-corrected chi connectivity index (χ1v) is 9.77. The standard InChI is InChI=1S/C19H16BrCl2FO5/c20-15(10-27-18(25)11-1-5-13(21)6-2-11)17(16(23)9-24)28-19(26)12-3-7-14(22)8-4-12/h1-8,15-17,24H,9-10H2/t15-,16-,17+/m0/s1. The van der Waals surface area contributed by atoms with Crippen LogP contribution in [-0.4, -0.2) is 47.4 Å². The van der Waals surface area contributed by atoms with Crippen LogP contribution < -0.4 is 0 Å². The summed E-state index contributed by atoms with van der Waals surface area (Å²) in [5.41, 5.74) is 0.426. The number of aliphatic hydroxyl groups excluding tert-OH is 1. The molecule has 9 heteroatoms. The predicted molar refractivity (Wildman–Crippen MR) is 107 cm³/mol. The molecule has 2 aromatic rings. The lowest BCUT2D eigenvalue weighted by Crippen LogP contribution is -2.40. The van der Waals surface area contributed by atoms with Crippen molar-refractivity contribution in [1.29, 1.82) is 0 Å². The van der Waals surface area contributed by atoms with E-state index in [1.54, 1.807) is 0 Å². The van der Waals surface area contributed by atoms with Crippen molar-refractivity contribution in [2.75, 3.05) is 13.2 Å². The monoisotopic (exact) mass is 492 g/mol. The van der Waals surface area contributed by atoms with Crippen LogP contribution in [0.15, 0.2) is 48.5 Å². The summed E-state index contributed by atoms with van der Waals surface area (Å²) < 4.78 is 24.4. The first-order chi connectivity index (χ1) is 13.3. The van der Waals surface area contributed by atoms with Gasteiger partial charge in [-0.25, -0.2) is 14.0 Å². The lowest BCUT2D eigenvalue weighted by Gasteiger charge is -2.25. The summed E-state index contributed by atoms with van der Waals surface area (Å²) in [7, 11) is 0. The largest absolute Gasteiger partial charge is 0.461 e. The number of halogens is 4. The molecule has 0 unspecified atom stereocenters. The molecule has 0 amide bonds. The SMILES string of the molecule is O=C(OC[C@H](Br)[C@@H](OC(=O)c1ccc(Cl)cc1)[C@@H](F)CO)c1ccc(Cl)cc1. The third-order valence-electron chi connectivity index (χ3n) is 3.66. The van der Waals surface area contributed by atoms with Gasteiger partial charge in [0.25, 0.3) is 0 Å². The van der Waals surface area contributed by atoms with E-state index >= 15 is 0 Å². The van der Waals surface area contributed by atoms with Crippen LogP contribution in [-0.2, 0) is 9.47 Å². The van der Waals surface area contributed by atoms with Crippen molar-refractivity contribution in [1.82, 2.24) is 0 Å². The van der Waals surface area contributed by atoms with Gasteiger partial charge in [-0.15, -0.1) is 0 Å². The molecule has 0 radical (unpaired) electrons. The number of alkyl halides is 2. The van der Waals surface area contributed by atoms with Gasteiger partial charge >= 0.3 is 11.9 Å². The number of carbonyl (C=O) groups is 2. The van der Waals surface area contributed by atoms with Crippen molar-refractivity contribution in [3.63, 3.8) is 0 Å².